The minimum absolute atomic E-state index is 0.0606. The Hall–Kier alpha value is -2.45. The van der Waals surface area contributed by atoms with Crippen LogP contribution in [0.3, 0.4) is 0 Å². The SMILES string of the molecule is COC(=O)/C=C/c1ccc(N2CCC(N3CCOC(C)C3)CC2)c([N+](=O)[O-])c1. The Labute approximate surface area is 164 Å². The molecule has 8 heteroatoms. The number of nitro groups is 1. The van der Waals surface area contributed by atoms with E-state index >= 15 is 0 Å². The van der Waals surface area contributed by atoms with Crippen molar-refractivity contribution in [3.63, 3.8) is 0 Å². The van der Waals surface area contributed by atoms with Gasteiger partial charge in [0.1, 0.15) is 5.69 Å². The first-order chi connectivity index (χ1) is 13.5. The number of nitro benzene ring substituents is 1. The van der Waals surface area contributed by atoms with Crippen LogP contribution >= 0.6 is 0 Å². The first-order valence-electron chi connectivity index (χ1n) is 9.63. The highest BCUT2D eigenvalue weighted by Gasteiger charge is 2.30. The first kappa shape index (κ1) is 20.3. The molecule has 0 bridgehead atoms. The topological polar surface area (TPSA) is 85.2 Å². The molecule has 1 aromatic rings. The predicted molar refractivity (Wildman–Crippen MR) is 106 cm³/mol. The van der Waals surface area contributed by atoms with Crippen molar-refractivity contribution in [3.8, 4) is 0 Å². The fourth-order valence-electron chi connectivity index (χ4n) is 3.94. The van der Waals surface area contributed by atoms with E-state index in [1.165, 1.54) is 25.3 Å². The minimum Gasteiger partial charge on any atom is -0.466 e. The van der Waals surface area contributed by atoms with E-state index in [2.05, 4.69) is 21.5 Å². The number of nitrogens with zero attached hydrogens (tertiary/aromatic N) is 3. The van der Waals surface area contributed by atoms with Crippen LogP contribution in [0.1, 0.15) is 25.3 Å². The van der Waals surface area contributed by atoms with Crippen LogP contribution in [0.2, 0.25) is 0 Å². The van der Waals surface area contributed by atoms with Gasteiger partial charge in [-0.1, -0.05) is 6.07 Å². The molecule has 0 aromatic heterocycles. The summed E-state index contributed by atoms with van der Waals surface area (Å²) in [6.07, 6.45) is 5.00. The molecule has 0 aliphatic carbocycles. The van der Waals surface area contributed by atoms with Crippen molar-refractivity contribution in [2.24, 2.45) is 0 Å². The Bertz CT molecular complexity index is 743. The summed E-state index contributed by atoms with van der Waals surface area (Å²) in [6, 6.07) is 5.57. The molecule has 152 valence electrons. The van der Waals surface area contributed by atoms with Gasteiger partial charge < -0.3 is 14.4 Å². The Morgan fingerprint density at radius 3 is 2.71 bits per heavy atom. The Balaban J connectivity index is 1.69. The maximum Gasteiger partial charge on any atom is 0.330 e. The number of benzene rings is 1. The largest absolute Gasteiger partial charge is 0.466 e. The second-order valence-electron chi connectivity index (χ2n) is 7.26. The summed E-state index contributed by atoms with van der Waals surface area (Å²) in [4.78, 5) is 27.1. The number of esters is 1. The van der Waals surface area contributed by atoms with Crippen LogP contribution < -0.4 is 4.90 Å². The molecule has 8 nitrogen and oxygen atoms in total. The third kappa shape index (κ3) is 4.88. The van der Waals surface area contributed by atoms with E-state index in [1.807, 2.05) is 0 Å². The van der Waals surface area contributed by atoms with E-state index in [1.54, 1.807) is 12.1 Å². The lowest BCUT2D eigenvalue weighted by Crippen LogP contribution is -2.51. The van der Waals surface area contributed by atoms with Crippen LogP contribution in [0.15, 0.2) is 24.3 Å². The molecule has 0 spiro atoms. The van der Waals surface area contributed by atoms with Gasteiger partial charge in [-0.3, -0.25) is 15.0 Å². The highest BCUT2D eigenvalue weighted by molar-refractivity contribution is 5.87. The number of hydrogen-bond acceptors (Lipinski definition) is 7. The van der Waals surface area contributed by atoms with Crippen molar-refractivity contribution in [1.29, 1.82) is 0 Å². The molecule has 2 saturated heterocycles. The standard InChI is InChI=1S/C20H27N3O5/c1-15-14-22(11-12-28-15)17-7-9-21(10-8-17)18-5-3-16(4-6-20(24)27-2)13-19(18)23(25)26/h3-6,13,15,17H,7-12,14H2,1-2H3/b6-4+. The molecular weight excluding hydrogens is 362 g/mol. The highest BCUT2D eigenvalue weighted by atomic mass is 16.6. The zero-order valence-corrected chi connectivity index (χ0v) is 16.4. The highest BCUT2D eigenvalue weighted by Crippen LogP contribution is 2.32. The summed E-state index contributed by atoms with van der Waals surface area (Å²) < 4.78 is 10.2. The number of carbonyl (C=O) groups excluding carboxylic acids is 1. The molecule has 3 rings (SSSR count). The first-order valence-corrected chi connectivity index (χ1v) is 9.63. The number of hydrogen-bond donors (Lipinski definition) is 0. The number of anilines is 1. The Kier molecular flexibility index (Phi) is 6.64. The van der Waals surface area contributed by atoms with Gasteiger partial charge in [-0.05, 0) is 37.5 Å². The number of methoxy groups -OCH3 is 1. The molecule has 1 atom stereocenters. The summed E-state index contributed by atoms with van der Waals surface area (Å²) in [7, 11) is 1.29. The van der Waals surface area contributed by atoms with Crippen molar-refractivity contribution in [1.82, 2.24) is 4.90 Å². The minimum atomic E-state index is -0.494. The van der Waals surface area contributed by atoms with Crippen molar-refractivity contribution in [2.45, 2.75) is 31.9 Å². The van der Waals surface area contributed by atoms with E-state index in [4.69, 9.17) is 4.74 Å². The molecule has 2 heterocycles. The van der Waals surface area contributed by atoms with Gasteiger partial charge in [0.25, 0.3) is 5.69 Å². The van der Waals surface area contributed by atoms with Crippen molar-refractivity contribution >= 4 is 23.4 Å². The van der Waals surface area contributed by atoms with Crippen LogP contribution in [0.4, 0.5) is 11.4 Å². The van der Waals surface area contributed by atoms with Gasteiger partial charge in [-0.25, -0.2) is 4.79 Å². The average molecular weight is 389 g/mol. The van der Waals surface area contributed by atoms with E-state index in [9.17, 15) is 14.9 Å². The van der Waals surface area contributed by atoms with Crippen molar-refractivity contribution < 1.29 is 19.2 Å². The van der Waals surface area contributed by atoms with E-state index < -0.39 is 5.97 Å². The van der Waals surface area contributed by atoms with Gasteiger partial charge in [-0.15, -0.1) is 0 Å². The Morgan fingerprint density at radius 1 is 1.32 bits per heavy atom. The second kappa shape index (κ2) is 9.16. The van der Waals surface area contributed by atoms with Crippen LogP contribution in [0, 0.1) is 10.1 Å². The van der Waals surface area contributed by atoms with Crippen molar-refractivity contribution in [3.05, 3.63) is 40.0 Å². The van der Waals surface area contributed by atoms with Gasteiger partial charge >= 0.3 is 5.97 Å². The summed E-state index contributed by atoms with van der Waals surface area (Å²) in [6.45, 7) is 6.35. The molecule has 0 saturated carbocycles. The zero-order chi connectivity index (χ0) is 20.1. The molecule has 0 N–H and O–H groups in total. The normalized spacial score (nSPS) is 21.8. The van der Waals surface area contributed by atoms with Gasteiger partial charge in [0.05, 0.1) is 24.7 Å². The molecule has 2 fully saturated rings. The number of carbonyl (C=O) groups is 1. The maximum atomic E-state index is 11.6. The third-order valence-corrected chi connectivity index (χ3v) is 5.40. The van der Waals surface area contributed by atoms with Crippen LogP contribution in [0.25, 0.3) is 6.08 Å². The second-order valence-corrected chi connectivity index (χ2v) is 7.26. The van der Waals surface area contributed by atoms with Crippen LogP contribution in [-0.2, 0) is 14.3 Å². The lowest BCUT2D eigenvalue weighted by atomic mass is 10.0. The number of ether oxygens (including phenoxy) is 2. The lowest BCUT2D eigenvalue weighted by Gasteiger charge is -2.42. The lowest BCUT2D eigenvalue weighted by molar-refractivity contribution is -0.384. The quantitative estimate of drug-likeness (QED) is 0.331. The van der Waals surface area contributed by atoms with Gasteiger partial charge in [0.2, 0.25) is 0 Å². The maximum absolute atomic E-state index is 11.6. The molecule has 2 aliphatic rings. The number of morpholine rings is 1. The predicted octanol–water partition coefficient (Wildman–Crippen LogP) is 2.47. The van der Waals surface area contributed by atoms with Gasteiger partial charge in [0.15, 0.2) is 0 Å². The van der Waals surface area contributed by atoms with Gasteiger partial charge in [0, 0.05) is 44.4 Å². The fourth-order valence-corrected chi connectivity index (χ4v) is 3.94. The molecule has 28 heavy (non-hydrogen) atoms. The molecule has 2 aliphatic heterocycles. The summed E-state index contributed by atoms with van der Waals surface area (Å²) in [5.41, 5.74) is 1.29. The molecule has 1 aromatic carbocycles. The van der Waals surface area contributed by atoms with E-state index in [0.29, 0.717) is 17.3 Å². The third-order valence-electron chi connectivity index (χ3n) is 5.40. The Morgan fingerprint density at radius 2 is 2.07 bits per heavy atom. The summed E-state index contributed by atoms with van der Waals surface area (Å²) in [5, 5.41) is 11.6. The summed E-state index contributed by atoms with van der Waals surface area (Å²) in [5.74, 6) is -0.494. The fraction of sp³-hybridized carbons (Fsp3) is 0.550. The average Bonchev–Trinajstić information content (AvgIpc) is 2.72. The smallest absolute Gasteiger partial charge is 0.330 e. The molecule has 1 unspecified atom stereocenters. The number of rotatable bonds is 5. The van der Waals surface area contributed by atoms with Crippen LogP contribution in [0.5, 0.6) is 0 Å². The van der Waals surface area contributed by atoms with Crippen molar-refractivity contribution in [2.75, 3.05) is 44.8 Å². The monoisotopic (exact) mass is 389 g/mol. The molecule has 0 radical (unpaired) electrons. The molecule has 0 amide bonds. The van der Waals surface area contributed by atoms with E-state index in [-0.39, 0.29) is 16.7 Å². The zero-order valence-electron chi connectivity index (χ0n) is 16.4. The van der Waals surface area contributed by atoms with Crippen LogP contribution in [-0.4, -0.2) is 67.8 Å². The van der Waals surface area contributed by atoms with Gasteiger partial charge in [-0.2, -0.15) is 0 Å². The molecular formula is C20H27N3O5. The van der Waals surface area contributed by atoms with E-state index in [0.717, 1.165) is 45.6 Å². The summed E-state index contributed by atoms with van der Waals surface area (Å²) >= 11 is 0. The number of piperidine rings is 1.